The molecule has 0 aliphatic heterocycles. The molecule has 0 aromatic heterocycles. The van der Waals surface area contributed by atoms with E-state index in [0.29, 0.717) is 6.42 Å². The molecule has 0 saturated carbocycles. The second kappa shape index (κ2) is 8.61. The molecule has 0 amide bonds. The number of aliphatic hydroxyl groups excluding tert-OH is 1. The summed E-state index contributed by atoms with van der Waals surface area (Å²) in [6.07, 6.45) is 1.15. The summed E-state index contributed by atoms with van der Waals surface area (Å²) >= 11 is 0. The van der Waals surface area contributed by atoms with Gasteiger partial charge in [0.15, 0.2) is 0 Å². The van der Waals surface area contributed by atoms with Gasteiger partial charge in [-0.05, 0) is 20.3 Å². The van der Waals surface area contributed by atoms with Crippen molar-refractivity contribution in [3.8, 4) is 0 Å². The van der Waals surface area contributed by atoms with E-state index in [-0.39, 0.29) is 6.61 Å². The fourth-order valence-corrected chi connectivity index (χ4v) is 2.76. The Kier molecular flexibility index (Phi) is 8.39. The van der Waals surface area contributed by atoms with Crippen LogP contribution >= 0.6 is 7.75 Å². The molecule has 1 unspecified atom stereocenters. The molecule has 0 rings (SSSR count). The number of carbonyl (C=O) groups is 1. The van der Waals surface area contributed by atoms with E-state index in [2.05, 4.69) is 5.09 Å². The van der Waals surface area contributed by atoms with E-state index in [1.165, 1.54) is 0 Å². The molecular weight excluding hydrogens is 261 g/mol. The van der Waals surface area contributed by atoms with E-state index >= 15 is 0 Å². The number of hydrogen-bond donors (Lipinski definition) is 3. The van der Waals surface area contributed by atoms with Gasteiger partial charge in [-0.15, -0.1) is 0 Å². The first-order chi connectivity index (χ1) is 8.34. The lowest BCUT2D eigenvalue weighted by molar-refractivity contribution is -0.140. The molecule has 0 heterocycles. The quantitative estimate of drug-likeness (QED) is 0.411. The molecular formula is C10H22NO6P. The van der Waals surface area contributed by atoms with Gasteiger partial charge >= 0.3 is 13.7 Å². The summed E-state index contributed by atoms with van der Waals surface area (Å²) in [6.45, 7) is 4.76. The van der Waals surface area contributed by atoms with Crippen LogP contribution in [0.25, 0.3) is 0 Å². The average molecular weight is 283 g/mol. The summed E-state index contributed by atoms with van der Waals surface area (Å²) in [7, 11) is -3.72. The van der Waals surface area contributed by atoms with Crippen LogP contribution in [0.4, 0.5) is 0 Å². The average Bonchev–Trinajstić information content (AvgIpc) is 2.25. The summed E-state index contributed by atoms with van der Waals surface area (Å²) < 4.78 is 22.5. The molecule has 0 aliphatic carbocycles. The zero-order valence-electron chi connectivity index (χ0n) is 11.0. The fourth-order valence-electron chi connectivity index (χ4n) is 1.07. The highest BCUT2D eigenvalue weighted by atomic mass is 31.2. The summed E-state index contributed by atoms with van der Waals surface area (Å²) in [4.78, 5) is 10.8. The topological polar surface area (TPSA) is 105 Å². The van der Waals surface area contributed by atoms with Crippen molar-refractivity contribution in [3.63, 3.8) is 0 Å². The molecule has 0 fully saturated rings. The van der Waals surface area contributed by atoms with Gasteiger partial charge in [0.2, 0.25) is 0 Å². The Hall–Kier alpha value is -0.460. The highest BCUT2D eigenvalue weighted by molar-refractivity contribution is 7.51. The van der Waals surface area contributed by atoms with Gasteiger partial charge in [-0.25, -0.2) is 9.65 Å². The van der Waals surface area contributed by atoms with Crippen molar-refractivity contribution in [1.29, 1.82) is 0 Å². The number of rotatable bonds is 10. The van der Waals surface area contributed by atoms with Gasteiger partial charge in [0.25, 0.3) is 0 Å². The van der Waals surface area contributed by atoms with Crippen molar-refractivity contribution in [2.24, 2.45) is 0 Å². The molecule has 0 aliphatic rings. The van der Waals surface area contributed by atoms with Gasteiger partial charge in [0.05, 0.1) is 19.3 Å². The van der Waals surface area contributed by atoms with Crippen molar-refractivity contribution in [2.75, 3.05) is 13.2 Å². The Balaban J connectivity index is 4.63. The van der Waals surface area contributed by atoms with Crippen LogP contribution in [0.2, 0.25) is 0 Å². The smallest absolute Gasteiger partial charge is 0.406 e. The third-order valence-electron chi connectivity index (χ3n) is 1.90. The van der Waals surface area contributed by atoms with Crippen LogP contribution in [0.5, 0.6) is 0 Å². The zero-order valence-corrected chi connectivity index (χ0v) is 11.9. The predicted molar refractivity (Wildman–Crippen MR) is 66.3 cm³/mol. The molecule has 18 heavy (non-hydrogen) atoms. The highest BCUT2D eigenvalue weighted by Crippen LogP contribution is 2.45. The molecule has 0 radical (unpaired) electrons. The Morgan fingerprint density at radius 1 is 1.44 bits per heavy atom. The number of aliphatic carboxylic acids is 1. The third-order valence-corrected chi connectivity index (χ3v) is 3.75. The van der Waals surface area contributed by atoms with Crippen LogP contribution in [0, 0.1) is 0 Å². The Labute approximate surface area is 107 Å². The molecule has 0 saturated heterocycles. The van der Waals surface area contributed by atoms with Crippen molar-refractivity contribution in [1.82, 2.24) is 5.09 Å². The maximum absolute atomic E-state index is 12.2. The minimum absolute atomic E-state index is 0.200. The maximum Gasteiger partial charge on any atom is 0.406 e. The normalized spacial score (nSPS) is 16.5. The molecule has 3 N–H and O–H groups in total. The number of carboxylic acids is 1. The van der Waals surface area contributed by atoms with Gasteiger partial charge < -0.3 is 10.2 Å². The van der Waals surface area contributed by atoms with E-state index in [4.69, 9.17) is 19.3 Å². The van der Waals surface area contributed by atoms with E-state index < -0.39 is 32.5 Å². The Morgan fingerprint density at radius 2 is 2.06 bits per heavy atom. The lowest BCUT2D eigenvalue weighted by Gasteiger charge is -2.23. The summed E-state index contributed by atoms with van der Waals surface area (Å²) in [5.74, 6) is -1.32. The second-order valence-electron chi connectivity index (χ2n) is 4.04. The van der Waals surface area contributed by atoms with Crippen LogP contribution in [-0.2, 0) is 18.4 Å². The summed E-state index contributed by atoms with van der Waals surface area (Å²) in [6, 6.07) is -1.38. The molecule has 8 heteroatoms. The molecule has 0 aromatic carbocycles. The predicted octanol–water partition coefficient (Wildman–Crippen LogP) is 1.37. The fraction of sp³-hybridized carbons (Fsp3) is 0.900. The van der Waals surface area contributed by atoms with E-state index in [1.807, 2.05) is 6.92 Å². The van der Waals surface area contributed by atoms with Gasteiger partial charge in [0.1, 0.15) is 6.04 Å². The van der Waals surface area contributed by atoms with Crippen LogP contribution in [-0.4, -0.2) is 41.5 Å². The third kappa shape index (κ3) is 7.08. The minimum Gasteiger partial charge on any atom is -0.480 e. The lowest BCUT2D eigenvalue weighted by atomic mass is 10.3. The van der Waals surface area contributed by atoms with Crippen LogP contribution in [0.15, 0.2) is 0 Å². The van der Waals surface area contributed by atoms with Gasteiger partial charge in [-0.3, -0.25) is 13.8 Å². The number of unbranched alkanes of at least 4 members (excludes halogenated alkanes) is 1. The zero-order chi connectivity index (χ0) is 14.2. The molecule has 0 aromatic rings. The number of carboxylic acid groups (broad SMARTS) is 1. The van der Waals surface area contributed by atoms with E-state index in [0.717, 1.165) is 6.42 Å². The van der Waals surface area contributed by atoms with E-state index in [1.54, 1.807) is 13.8 Å². The van der Waals surface area contributed by atoms with Crippen molar-refractivity contribution >= 4 is 13.7 Å². The number of aliphatic hydroxyl groups is 1. The number of nitrogens with one attached hydrogen (secondary N) is 1. The minimum atomic E-state index is -3.72. The largest absolute Gasteiger partial charge is 0.480 e. The Morgan fingerprint density at radius 3 is 2.44 bits per heavy atom. The van der Waals surface area contributed by atoms with Gasteiger partial charge in [-0.1, -0.05) is 13.3 Å². The van der Waals surface area contributed by atoms with Gasteiger partial charge in [0, 0.05) is 0 Å². The molecule has 7 nitrogen and oxygen atoms in total. The highest BCUT2D eigenvalue weighted by Gasteiger charge is 2.32. The first-order valence-corrected chi connectivity index (χ1v) is 7.43. The molecule has 0 spiro atoms. The van der Waals surface area contributed by atoms with Crippen molar-refractivity contribution in [2.45, 2.75) is 45.8 Å². The number of hydrogen-bond acceptors (Lipinski definition) is 5. The summed E-state index contributed by atoms with van der Waals surface area (Å²) in [5.41, 5.74) is 0. The van der Waals surface area contributed by atoms with Crippen LogP contribution in [0.1, 0.15) is 33.6 Å². The first kappa shape index (κ1) is 17.5. The Bertz CT molecular complexity index is 296. The van der Waals surface area contributed by atoms with Crippen molar-refractivity contribution < 1.29 is 28.6 Å². The molecule has 0 bridgehead atoms. The SMILES string of the molecule is CCCCOP(=O)(N[C@@H](CO)C(=O)O)OC(C)C. The standard InChI is InChI=1S/C10H22NO6P/c1-4-5-6-16-18(15,17-8(2)3)11-9(7-12)10(13)14/h8-9,12H,4-7H2,1-3H3,(H,11,15)(H,13,14)/t9-,18?/m0/s1. The van der Waals surface area contributed by atoms with Gasteiger partial charge in [-0.2, -0.15) is 0 Å². The lowest BCUT2D eigenvalue weighted by Crippen LogP contribution is -2.39. The summed E-state index contributed by atoms with van der Waals surface area (Å²) in [5, 5.41) is 19.9. The maximum atomic E-state index is 12.2. The van der Waals surface area contributed by atoms with E-state index in [9.17, 15) is 9.36 Å². The molecule has 2 atom stereocenters. The van der Waals surface area contributed by atoms with Crippen molar-refractivity contribution in [3.05, 3.63) is 0 Å². The second-order valence-corrected chi connectivity index (χ2v) is 5.76. The first-order valence-electron chi connectivity index (χ1n) is 5.89. The van der Waals surface area contributed by atoms with Crippen LogP contribution in [0.3, 0.4) is 0 Å². The van der Waals surface area contributed by atoms with Crippen LogP contribution < -0.4 is 5.09 Å². The molecule has 108 valence electrons. The monoisotopic (exact) mass is 283 g/mol.